The Hall–Kier alpha value is -1.89. The molecule has 3 rings (SSSR count). The number of hydrogen-bond acceptors (Lipinski definition) is 4. The second kappa shape index (κ2) is 7.39. The van der Waals surface area contributed by atoms with Crippen LogP contribution in [0.2, 0.25) is 10.0 Å². The molecular weight excluding hydrogens is 395 g/mol. The molecule has 0 unspecified atom stereocenters. The molecule has 1 amide bonds. The molecule has 136 valence electrons. The van der Waals surface area contributed by atoms with Crippen LogP contribution in [-0.4, -0.2) is 23.0 Å². The Kier molecular flexibility index (Phi) is 5.37. The second-order valence-corrected chi connectivity index (χ2v) is 7.40. The normalized spacial score (nSPS) is 18.6. The summed E-state index contributed by atoms with van der Waals surface area (Å²) in [6, 6.07) is 8.91. The Balaban J connectivity index is 2.17. The van der Waals surface area contributed by atoms with Gasteiger partial charge in [0.1, 0.15) is 6.04 Å². The fraction of sp³-hybridized carbons (Fsp3) is 0.222. The summed E-state index contributed by atoms with van der Waals surface area (Å²) in [5.41, 5.74) is 1.78. The standard InChI is InChI=1S/C18H16Cl2N2O3S/c1-9(23)22(11-3-2-4-12(26)7-11)16-8-15(18(24)25)21-14-6-10(19)5-13(20)17(14)16/h2-7,15-16,21,26H,8H2,1H3,(H,24,25)/t15-,16+/m0/s1. The van der Waals surface area contributed by atoms with Crippen LogP contribution in [0.1, 0.15) is 24.9 Å². The third-order valence-corrected chi connectivity index (χ3v) is 5.08. The number of nitrogens with one attached hydrogen (secondary N) is 1. The van der Waals surface area contributed by atoms with Gasteiger partial charge in [0.2, 0.25) is 5.91 Å². The van der Waals surface area contributed by atoms with Gasteiger partial charge in [0.25, 0.3) is 0 Å². The zero-order valence-corrected chi connectivity index (χ0v) is 16.1. The van der Waals surface area contributed by atoms with Crippen molar-refractivity contribution in [3.63, 3.8) is 0 Å². The number of carbonyl (C=O) groups excluding carboxylic acids is 1. The van der Waals surface area contributed by atoms with E-state index in [-0.39, 0.29) is 12.3 Å². The van der Waals surface area contributed by atoms with E-state index < -0.39 is 18.1 Å². The van der Waals surface area contributed by atoms with E-state index in [0.717, 1.165) is 0 Å². The van der Waals surface area contributed by atoms with E-state index in [9.17, 15) is 14.7 Å². The summed E-state index contributed by atoms with van der Waals surface area (Å²) in [7, 11) is 0. The summed E-state index contributed by atoms with van der Waals surface area (Å²) in [5.74, 6) is -1.24. The fourth-order valence-corrected chi connectivity index (χ4v) is 4.09. The molecule has 0 radical (unpaired) electrons. The Morgan fingerprint density at radius 3 is 2.62 bits per heavy atom. The molecule has 26 heavy (non-hydrogen) atoms. The van der Waals surface area contributed by atoms with E-state index in [1.165, 1.54) is 6.92 Å². The van der Waals surface area contributed by atoms with Gasteiger partial charge in [-0.15, -0.1) is 12.6 Å². The summed E-state index contributed by atoms with van der Waals surface area (Å²) >= 11 is 16.8. The van der Waals surface area contributed by atoms with Crippen LogP contribution in [0.4, 0.5) is 11.4 Å². The van der Waals surface area contributed by atoms with Crippen molar-refractivity contribution in [1.29, 1.82) is 0 Å². The highest BCUT2D eigenvalue weighted by Crippen LogP contribution is 2.44. The number of rotatable bonds is 3. The summed E-state index contributed by atoms with van der Waals surface area (Å²) < 4.78 is 0. The minimum absolute atomic E-state index is 0.167. The molecule has 2 atom stereocenters. The summed E-state index contributed by atoms with van der Waals surface area (Å²) in [4.78, 5) is 26.3. The van der Waals surface area contributed by atoms with Gasteiger partial charge in [0, 0.05) is 45.2 Å². The smallest absolute Gasteiger partial charge is 0.326 e. The van der Waals surface area contributed by atoms with Gasteiger partial charge in [-0.1, -0.05) is 29.3 Å². The number of carboxylic acids is 1. The van der Waals surface area contributed by atoms with Crippen molar-refractivity contribution in [2.75, 3.05) is 10.2 Å². The number of hydrogen-bond donors (Lipinski definition) is 3. The number of benzene rings is 2. The zero-order valence-electron chi connectivity index (χ0n) is 13.7. The maximum atomic E-state index is 12.5. The van der Waals surface area contributed by atoms with Gasteiger partial charge in [0.05, 0.1) is 6.04 Å². The van der Waals surface area contributed by atoms with Crippen molar-refractivity contribution in [1.82, 2.24) is 0 Å². The molecule has 0 fully saturated rings. The molecule has 2 aromatic carbocycles. The summed E-state index contributed by atoms with van der Waals surface area (Å²) in [6.45, 7) is 1.44. The van der Waals surface area contributed by atoms with Crippen molar-refractivity contribution >= 4 is 59.1 Å². The van der Waals surface area contributed by atoms with Gasteiger partial charge in [-0.05, 0) is 30.3 Å². The molecule has 0 saturated carbocycles. The van der Waals surface area contributed by atoms with Gasteiger partial charge in [-0.2, -0.15) is 0 Å². The fourth-order valence-electron chi connectivity index (χ4n) is 3.25. The Bertz CT molecular complexity index is 891. The van der Waals surface area contributed by atoms with Gasteiger partial charge >= 0.3 is 5.97 Å². The van der Waals surface area contributed by atoms with Crippen LogP contribution in [0.15, 0.2) is 41.3 Å². The molecule has 0 aromatic heterocycles. The zero-order chi connectivity index (χ0) is 19.0. The largest absolute Gasteiger partial charge is 0.480 e. The molecule has 0 aliphatic carbocycles. The first-order valence-electron chi connectivity index (χ1n) is 7.85. The first-order chi connectivity index (χ1) is 12.3. The van der Waals surface area contributed by atoms with E-state index in [4.69, 9.17) is 23.2 Å². The average Bonchev–Trinajstić information content (AvgIpc) is 2.53. The van der Waals surface area contributed by atoms with E-state index in [1.807, 2.05) is 0 Å². The molecule has 8 heteroatoms. The number of thiol groups is 1. The number of carboxylic acid groups (broad SMARTS) is 1. The van der Waals surface area contributed by atoms with Gasteiger partial charge < -0.3 is 15.3 Å². The van der Waals surface area contributed by atoms with Gasteiger partial charge in [-0.25, -0.2) is 4.79 Å². The maximum absolute atomic E-state index is 12.5. The Morgan fingerprint density at radius 1 is 1.27 bits per heavy atom. The SMILES string of the molecule is CC(=O)N(c1cccc(S)c1)[C@@H]1C[C@@H](C(=O)O)Nc2cc(Cl)cc(Cl)c21. The summed E-state index contributed by atoms with van der Waals surface area (Å²) in [5, 5.41) is 13.2. The lowest BCUT2D eigenvalue weighted by Gasteiger charge is -2.38. The molecule has 1 aliphatic heterocycles. The highest BCUT2D eigenvalue weighted by molar-refractivity contribution is 7.80. The van der Waals surface area contributed by atoms with Crippen LogP contribution in [0.25, 0.3) is 0 Å². The average molecular weight is 411 g/mol. The van der Waals surface area contributed by atoms with Crippen molar-refractivity contribution in [2.45, 2.75) is 30.3 Å². The van der Waals surface area contributed by atoms with Crippen LogP contribution < -0.4 is 10.2 Å². The molecule has 0 saturated heterocycles. The number of fused-ring (bicyclic) bond motifs is 1. The molecule has 5 nitrogen and oxygen atoms in total. The number of anilines is 2. The number of nitrogens with zero attached hydrogens (tertiary/aromatic N) is 1. The van der Waals surface area contributed by atoms with Crippen LogP contribution in [-0.2, 0) is 9.59 Å². The molecule has 1 aliphatic rings. The van der Waals surface area contributed by atoms with E-state index in [0.29, 0.717) is 31.9 Å². The predicted octanol–water partition coefficient (Wildman–Crippen LogP) is 4.65. The lowest BCUT2D eigenvalue weighted by atomic mass is 9.91. The molecule has 1 heterocycles. The third-order valence-electron chi connectivity index (χ3n) is 4.27. The monoisotopic (exact) mass is 410 g/mol. The minimum atomic E-state index is -1.01. The first kappa shape index (κ1) is 18.9. The number of carbonyl (C=O) groups is 2. The second-order valence-electron chi connectivity index (χ2n) is 6.04. The van der Waals surface area contributed by atoms with Crippen LogP contribution in [0, 0.1) is 0 Å². The number of halogens is 2. The highest BCUT2D eigenvalue weighted by atomic mass is 35.5. The van der Waals surface area contributed by atoms with Gasteiger partial charge in [-0.3, -0.25) is 4.79 Å². The van der Waals surface area contributed by atoms with Gasteiger partial charge in [0.15, 0.2) is 0 Å². The first-order valence-corrected chi connectivity index (χ1v) is 9.05. The highest BCUT2D eigenvalue weighted by Gasteiger charge is 2.37. The van der Waals surface area contributed by atoms with Crippen molar-refractivity contribution < 1.29 is 14.7 Å². The Labute approximate surface area is 166 Å². The van der Waals surface area contributed by atoms with E-state index in [2.05, 4.69) is 17.9 Å². The van der Waals surface area contributed by atoms with Crippen LogP contribution in [0.3, 0.4) is 0 Å². The van der Waals surface area contributed by atoms with E-state index >= 15 is 0 Å². The maximum Gasteiger partial charge on any atom is 0.326 e. The quantitative estimate of drug-likeness (QED) is 0.644. The lowest BCUT2D eigenvalue weighted by Crippen LogP contribution is -2.43. The van der Waals surface area contributed by atoms with Crippen molar-refractivity contribution in [2.24, 2.45) is 0 Å². The summed E-state index contributed by atoms with van der Waals surface area (Å²) in [6.07, 6.45) is 0.167. The predicted molar refractivity (Wildman–Crippen MR) is 106 cm³/mol. The molecule has 0 bridgehead atoms. The Morgan fingerprint density at radius 2 is 2.00 bits per heavy atom. The van der Waals surface area contributed by atoms with Crippen molar-refractivity contribution in [3.8, 4) is 0 Å². The number of aliphatic carboxylic acids is 1. The van der Waals surface area contributed by atoms with Crippen LogP contribution in [0.5, 0.6) is 0 Å². The van der Waals surface area contributed by atoms with E-state index in [1.54, 1.807) is 41.3 Å². The molecule has 2 aromatic rings. The van der Waals surface area contributed by atoms with Crippen molar-refractivity contribution in [3.05, 3.63) is 52.0 Å². The lowest BCUT2D eigenvalue weighted by molar-refractivity contribution is -0.138. The topological polar surface area (TPSA) is 69.6 Å². The minimum Gasteiger partial charge on any atom is -0.480 e. The van der Waals surface area contributed by atoms with Crippen LogP contribution >= 0.6 is 35.8 Å². The molecular formula is C18H16Cl2N2O3S. The third kappa shape index (κ3) is 3.63. The molecule has 0 spiro atoms. The molecule has 2 N–H and O–H groups in total. The number of amides is 1.